The number of para-hydroxylation sites is 2. The van der Waals surface area contributed by atoms with Gasteiger partial charge in [-0.1, -0.05) is 31.9 Å². The summed E-state index contributed by atoms with van der Waals surface area (Å²) in [6, 6.07) is 8.51. The SMILES string of the molecule is CCCCCOc1ccccc1N1CCN(CCc2scnc2C)CC1. The van der Waals surface area contributed by atoms with E-state index in [4.69, 9.17) is 4.74 Å². The number of unbranched alkanes of at least 4 members (excludes halogenated alkanes) is 2. The van der Waals surface area contributed by atoms with Gasteiger partial charge in [-0.05, 0) is 31.9 Å². The maximum atomic E-state index is 6.07. The molecule has 0 unspecified atom stereocenters. The second kappa shape index (κ2) is 9.93. The second-order valence-electron chi connectivity index (χ2n) is 6.96. The topological polar surface area (TPSA) is 28.6 Å². The second-order valence-corrected chi connectivity index (χ2v) is 7.90. The first-order chi connectivity index (χ1) is 12.8. The monoisotopic (exact) mass is 373 g/mol. The van der Waals surface area contributed by atoms with E-state index in [0.717, 1.165) is 57.9 Å². The number of hydrogen-bond donors (Lipinski definition) is 0. The zero-order valence-corrected chi connectivity index (χ0v) is 16.9. The number of hydrogen-bond acceptors (Lipinski definition) is 5. The molecule has 0 saturated carbocycles. The summed E-state index contributed by atoms with van der Waals surface area (Å²) in [6.07, 6.45) is 4.72. The van der Waals surface area contributed by atoms with Crippen LogP contribution in [0.25, 0.3) is 0 Å². The molecule has 1 saturated heterocycles. The highest BCUT2D eigenvalue weighted by Crippen LogP contribution is 2.29. The Labute approximate surface area is 161 Å². The minimum atomic E-state index is 0.818. The van der Waals surface area contributed by atoms with Gasteiger partial charge >= 0.3 is 0 Å². The summed E-state index contributed by atoms with van der Waals surface area (Å²) in [5.74, 6) is 1.04. The smallest absolute Gasteiger partial charge is 0.142 e. The quantitative estimate of drug-likeness (QED) is 0.610. The molecule has 2 heterocycles. The molecule has 0 spiro atoms. The molecule has 3 rings (SSSR count). The van der Waals surface area contributed by atoms with Gasteiger partial charge in [0, 0.05) is 37.6 Å². The number of aryl methyl sites for hydroxylation is 1. The number of ether oxygens (including phenoxy) is 1. The summed E-state index contributed by atoms with van der Waals surface area (Å²) < 4.78 is 6.07. The Morgan fingerprint density at radius 3 is 2.65 bits per heavy atom. The van der Waals surface area contributed by atoms with Crippen LogP contribution in [0.4, 0.5) is 5.69 Å². The van der Waals surface area contributed by atoms with E-state index in [1.807, 2.05) is 5.51 Å². The zero-order valence-electron chi connectivity index (χ0n) is 16.1. The molecule has 5 heteroatoms. The van der Waals surface area contributed by atoms with Crippen LogP contribution in [0.1, 0.15) is 36.8 Å². The third-order valence-electron chi connectivity index (χ3n) is 5.08. The van der Waals surface area contributed by atoms with Crippen LogP contribution in [-0.2, 0) is 6.42 Å². The molecule has 1 fully saturated rings. The van der Waals surface area contributed by atoms with E-state index >= 15 is 0 Å². The molecule has 1 aromatic carbocycles. The summed E-state index contributed by atoms with van der Waals surface area (Å²) in [6.45, 7) is 10.6. The fraction of sp³-hybridized carbons (Fsp3) is 0.571. The van der Waals surface area contributed by atoms with Crippen molar-refractivity contribution in [2.24, 2.45) is 0 Å². The van der Waals surface area contributed by atoms with Gasteiger partial charge in [0.1, 0.15) is 5.75 Å². The van der Waals surface area contributed by atoms with Gasteiger partial charge in [-0.15, -0.1) is 11.3 Å². The van der Waals surface area contributed by atoms with Crippen molar-refractivity contribution in [3.8, 4) is 5.75 Å². The fourth-order valence-electron chi connectivity index (χ4n) is 3.41. The first-order valence-electron chi connectivity index (χ1n) is 9.86. The lowest BCUT2D eigenvalue weighted by atomic mass is 10.2. The molecule has 1 aromatic heterocycles. The van der Waals surface area contributed by atoms with E-state index in [1.165, 1.54) is 29.1 Å². The van der Waals surface area contributed by atoms with Gasteiger partial charge in [0.05, 0.1) is 23.5 Å². The highest BCUT2D eigenvalue weighted by Gasteiger charge is 2.19. The molecule has 0 amide bonds. The van der Waals surface area contributed by atoms with Crippen molar-refractivity contribution in [1.82, 2.24) is 9.88 Å². The van der Waals surface area contributed by atoms with E-state index < -0.39 is 0 Å². The van der Waals surface area contributed by atoms with E-state index in [2.05, 4.69) is 52.9 Å². The minimum absolute atomic E-state index is 0.818. The van der Waals surface area contributed by atoms with Gasteiger partial charge in [-0.3, -0.25) is 4.90 Å². The first kappa shape index (κ1) is 19.2. The molecule has 0 aliphatic carbocycles. The summed E-state index contributed by atoms with van der Waals surface area (Å²) in [5.41, 5.74) is 4.41. The van der Waals surface area contributed by atoms with Gasteiger partial charge in [-0.2, -0.15) is 0 Å². The molecule has 0 atom stereocenters. The van der Waals surface area contributed by atoms with Crippen molar-refractivity contribution in [2.75, 3.05) is 44.2 Å². The highest BCUT2D eigenvalue weighted by atomic mass is 32.1. The van der Waals surface area contributed by atoms with E-state index in [0.29, 0.717) is 0 Å². The van der Waals surface area contributed by atoms with E-state index in [1.54, 1.807) is 11.3 Å². The normalized spacial score (nSPS) is 15.4. The highest BCUT2D eigenvalue weighted by molar-refractivity contribution is 7.09. The summed E-state index contributed by atoms with van der Waals surface area (Å²) in [5, 5.41) is 0. The van der Waals surface area contributed by atoms with Gasteiger partial charge in [-0.25, -0.2) is 4.98 Å². The maximum Gasteiger partial charge on any atom is 0.142 e. The van der Waals surface area contributed by atoms with Crippen molar-refractivity contribution >= 4 is 17.0 Å². The number of nitrogens with zero attached hydrogens (tertiary/aromatic N) is 3. The molecule has 0 radical (unpaired) electrons. The third kappa shape index (κ3) is 5.21. The van der Waals surface area contributed by atoms with E-state index in [9.17, 15) is 0 Å². The molecular weight excluding hydrogens is 342 g/mol. The molecule has 4 nitrogen and oxygen atoms in total. The van der Waals surface area contributed by atoms with Crippen LogP contribution in [0.5, 0.6) is 5.75 Å². The molecule has 142 valence electrons. The third-order valence-corrected chi connectivity index (χ3v) is 6.08. The van der Waals surface area contributed by atoms with Crippen LogP contribution in [0.15, 0.2) is 29.8 Å². The van der Waals surface area contributed by atoms with Gasteiger partial charge in [0.15, 0.2) is 0 Å². The van der Waals surface area contributed by atoms with Gasteiger partial charge < -0.3 is 9.64 Å². The lowest BCUT2D eigenvalue weighted by Crippen LogP contribution is -2.47. The minimum Gasteiger partial charge on any atom is -0.491 e. The molecule has 2 aromatic rings. The molecule has 0 bridgehead atoms. The van der Waals surface area contributed by atoms with Crippen LogP contribution >= 0.6 is 11.3 Å². The standard InChI is InChI=1S/C21H31N3OS/c1-3-4-7-16-25-20-9-6-5-8-19(20)24-14-12-23(13-15-24)11-10-21-18(2)22-17-26-21/h5-6,8-9,17H,3-4,7,10-16H2,1-2H3. The number of piperazine rings is 1. The van der Waals surface area contributed by atoms with Crippen LogP contribution in [0.2, 0.25) is 0 Å². The Balaban J connectivity index is 1.49. The average molecular weight is 374 g/mol. The number of anilines is 1. The summed E-state index contributed by atoms with van der Waals surface area (Å²) >= 11 is 1.78. The molecular formula is C21H31N3OS. The van der Waals surface area contributed by atoms with Crippen molar-refractivity contribution in [3.05, 3.63) is 40.3 Å². The molecule has 1 aliphatic heterocycles. The fourth-order valence-corrected chi connectivity index (χ4v) is 4.18. The van der Waals surface area contributed by atoms with Crippen LogP contribution in [0.3, 0.4) is 0 Å². The van der Waals surface area contributed by atoms with Gasteiger partial charge in [0.2, 0.25) is 0 Å². The van der Waals surface area contributed by atoms with Crippen molar-refractivity contribution < 1.29 is 4.74 Å². The predicted octanol–water partition coefficient (Wildman–Crippen LogP) is 4.39. The predicted molar refractivity (Wildman–Crippen MR) is 111 cm³/mol. The lowest BCUT2D eigenvalue weighted by molar-refractivity contribution is 0.259. The number of benzene rings is 1. The Bertz CT molecular complexity index is 665. The number of rotatable bonds is 9. The lowest BCUT2D eigenvalue weighted by Gasteiger charge is -2.36. The Morgan fingerprint density at radius 1 is 1.12 bits per heavy atom. The van der Waals surface area contributed by atoms with Gasteiger partial charge in [0.25, 0.3) is 0 Å². The first-order valence-corrected chi connectivity index (χ1v) is 10.7. The Hall–Kier alpha value is -1.59. The Kier molecular flexibility index (Phi) is 7.32. The average Bonchev–Trinajstić information content (AvgIpc) is 3.09. The van der Waals surface area contributed by atoms with Crippen molar-refractivity contribution in [2.45, 2.75) is 39.5 Å². The van der Waals surface area contributed by atoms with Crippen LogP contribution in [0, 0.1) is 6.92 Å². The van der Waals surface area contributed by atoms with Crippen LogP contribution in [-0.4, -0.2) is 49.2 Å². The number of thiazole rings is 1. The maximum absolute atomic E-state index is 6.07. The molecule has 0 N–H and O–H groups in total. The molecule has 1 aliphatic rings. The van der Waals surface area contributed by atoms with Crippen molar-refractivity contribution in [1.29, 1.82) is 0 Å². The van der Waals surface area contributed by atoms with Crippen molar-refractivity contribution in [3.63, 3.8) is 0 Å². The largest absolute Gasteiger partial charge is 0.491 e. The Morgan fingerprint density at radius 2 is 1.92 bits per heavy atom. The summed E-state index contributed by atoms with van der Waals surface area (Å²) in [7, 11) is 0. The summed E-state index contributed by atoms with van der Waals surface area (Å²) in [4.78, 5) is 10.8. The number of aromatic nitrogens is 1. The molecule has 26 heavy (non-hydrogen) atoms. The van der Waals surface area contributed by atoms with Crippen LogP contribution < -0.4 is 9.64 Å². The zero-order chi connectivity index (χ0) is 18.2. The van der Waals surface area contributed by atoms with E-state index in [-0.39, 0.29) is 0 Å².